The van der Waals surface area contributed by atoms with E-state index in [2.05, 4.69) is 14.2 Å². The van der Waals surface area contributed by atoms with E-state index in [1.165, 1.54) is 6.92 Å². The van der Waals surface area contributed by atoms with Crippen LogP contribution in [-0.2, 0) is 19.0 Å². The van der Waals surface area contributed by atoms with Crippen molar-refractivity contribution in [2.45, 2.75) is 20.3 Å². The highest BCUT2D eigenvalue weighted by atomic mass is 16.7. The zero-order valence-corrected chi connectivity index (χ0v) is 7.87. The van der Waals surface area contributed by atoms with Gasteiger partial charge in [-0.15, -0.1) is 0 Å². The molecule has 0 spiro atoms. The molecule has 0 radical (unpaired) electrons. The van der Waals surface area contributed by atoms with E-state index in [4.69, 9.17) is 0 Å². The Bertz CT molecular complexity index is 166. The lowest BCUT2D eigenvalue weighted by atomic mass is 10.5. The number of carbonyl (C=O) groups excluding carboxylic acids is 2. The largest absolute Gasteiger partial charge is 0.508 e. The monoisotopic (exact) mass is 190 g/mol. The molecule has 0 N–H and O–H groups in total. The normalized spacial score (nSPS) is 9.08. The molecule has 0 saturated carbocycles. The van der Waals surface area contributed by atoms with Crippen LogP contribution in [-0.4, -0.2) is 31.9 Å². The fourth-order valence-corrected chi connectivity index (χ4v) is 0.537. The number of hydrogen-bond acceptors (Lipinski definition) is 5. The lowest BCUT2D eigenvalue weighted by Gasteiger charge is -2.04. The maximum atomic E-state index is 10.7. The van der Waals surface area contributed by atoms with Crippen molar-refractivity contribution in [3.05, 3.63) is 0 Å². The second-order valence-electron chi connectivity index (χ2n) is 2.29. The molecule has 5 heteroatoms. The molecule has 0 saturated heterocycles. The molecule has 0 atom stereocenters. The molecule has 0 aromatic carbocycles. The van der Waals surface area contributed by atoms with Crippen molar-refractivity contribution in [2.75, 3.05) is 19.8 Å². The summed E-state index contributed by atoms with van der Waals surface area (Å²) >= 11 is 0. The quantitative estimate of drug-likeness (QED) is 0.480. The Morgan fingerprint density at radius 1 is 1.00 bits per heavy atom. The minimum absolute atomic E-state index is 0.0299. The zero-order chi connectivity index (χ0) is 10.1. The Labute approximate surface area is 77.0 Å². The highest BCUT2D eigenvalue weighted by Gasteiger charge is 2.02. The molecule has 0 aliphatic carbocycles. The van der Waals surface area contributed by atoms with E-state index in [1.807, 2.05) is 6.92 Å². The molecule has 0 fully saturated rings. The molecule has 0 aromatic rings. The minimum Gasteiger partial charge on any atom is -0.462 e. The van der Waals surface area contributed by atoms with Crippen LogP contribution in [0.15, 0.2) is 0 Å². The van der Waals surface area contributed by atoms with E-state index in [1.54, 1.807) is 0 Å². The van der Waals surface area contributed by atoms with E-state index in [9.17, 15) is 9.59 Å². The van der Waals surface area contributed by atoms with Gasteiger partial charge in [0.25, 0.3) is 0 Å². The summed E-state index contributed by atoms with van der Waals surface area (Å²) in [4.78, 5) is 20.9. The van der Waals surface area contributed by atoms with Crippen molar-refractivity contribution in [1.29, 1.82) is 0 Å². The van der Waals surface area contributed by atoms with Crippen LogP contribution in [0.1, 0.15) is 20.3 Å². The summed E-state index contributed by atoms with van der Waals surface area (Å²) in [7, 11) is 0. The van der Waals surface area contributed by atoms with Gasteiger partial charge in [0.2, 0.25) is 0 Å². The molecule has 0 bridgehead atoms. The highest BCUT2D eigenvalue weighted by molar-refractivity contribution is 5.65. The standard InChI is InChI=1S/C8H14O5/c1-3-4-12-8(10)13-6-5-11-7(2)9/h3-6H2,1-2H3. The van der Waals surface area contributed by atoms with Gasteiger partial charge in [0, 0.05) is 6.92 Å². The van der Waals surface area contributed by atoms with Crippen LogP contribution in [0.25, 0.3) is 0 Å². The third-order valence-electron chi connectivity index (χ3n) is 1.03. The molecule has 0 aliphatic heterocycles. The van der Waals surface area contributed by atoms with Crippen LogP contribution in [0.2, 0.25) is 0 Å². The second kappa shape index (κ2) is 7.39. The van der Waals surface area contributed by atoms with Crippen molar-refractivity contribution in [3.8, 4) is 0 Å². The van der Waals surface area contributed by atoms with Gasteiger partial charge in [-0.2, -0.15) is 0 Å². The number of esters is 1. The van der Waals surface area contributed by atoms with E-state index in [0.717, 1.165) is 6.42 Å². The van der Waals surface area contributed by atoms with Gasteiger partial charge in [-0.1, -0.05) is 6.92 Å². The lowest BCUT2D eigenvalue weighted by molar-refractivity contribution is -0.142. The van der Waals surface area contributed by atoms with E-state index in [0.29, 0.717) is 6.61 Å². The molecule has 0 rings (SSSR count). The van der Waals surface area contributed by atoms with Gasteiger partial charge >= 0.3 is 12.1 Å². The first-order chi connectivity index (χ1) is 6.16. The van der Waals surface area contributed by atoms with Gasteiger partial charge in [-0.3, -0.25) is 4.79 Å². The van der Waals surface area contributed by atoms with Crippen LogP contribution in [0.4, 0.5) is 4.79 Å². The average molecular weight is 190 g/mol. The zero-order valence-electron chi connectivity index (χ0n) is 7.87. The number of ether oxygens (including phenoxy) is 3. The predicted molar refractivity (Wildman–Crippen MR) is 44.2 cm³/mol. The van der Waals surface area contributed by atoms with Crippen LogP contribution >= 0.6 is 0 Å². The molecule has 0 aliphatic rings. The minimum atomic E-state index is -0.728. The van der Waals surface area contributed by atoms with Gasteiger partial charge in [-0.05, 0) is 6.42 Å². The third-order valence-corrected chi connectivity index (χ3v) is 1.03. The summed E-state index contributed by atoms with van der Waals surface area (Å²) in [6.45, 7) is 3.60. The molecule has 0 heterocycles. The molecular weight excluding hydrogens is 176 g/mol. The Balaban J connectivity index is 3.22. The maximum Gasteiger partial charge on any atom is 0.508 e. The van der Waals surface area contributed by atoms with E-state index >= 15 is 0 Å². The van der Waals surface area contributed by atoms with Crippen molar-refractivity contribution in [2.24, 2.45) is 0 Å². The van der Waals surface area contributed by atoms with Crippen molar-refractivity contribution in [1.82, 2.24) is 0 Å². The number of carbonyl (C=O) groups is 2. The average Bonchev–Trinajstić information content (AvgIpc) is 2.08. The molecule has 76 valence electrons. The first-order valence-electron chi connectivity index (χ1n) is 4.09. The summed E-state index contributed by atoms with van der Waals surface area (Å²) < 4.78 is 13.7. The van der Waals surface area contributed by atoms with Gasteiger partial charge < -0.3 is 14.2 Å². The van der Waals surface area contributed by atoms with Crippen molar-refractivity contribution < 1.29 is 23.8 Å². The van der Waals surface area contributed by atoms with Gasteiger partial charge in [0.05, 0.1) is 6.61 Å². The number of hydrogen-bond donors (Lipinski definition) is 0. The summed E-state index contributed by atoms with van der Waals surface area (Å²) in [5.74, 6) is -0.398. The maximum absolute atomic E-state index is 10.7. The summed E-state index contributed by atoms with van der Waals surface area (Å²) in [5.41, 5.74) is 0. The first-order valence-corrected chi connectivity index (χ1v) is 4.09. The molecule has 0 amide bonds. The van der Waals surface area contributed by atoms with Crippen LogP contribution in [0.5, 0.6) is 0 Å². The second-order valence-corrected chi connectivity index (χ2v) is 2.29. The Kier molecular flexibility index (Phi) is 6.68. The van der Waals surface area contributed by atoms with E-state index < -0.39 is 12.1 Å². The first kappa shape index (κ1) is 11.7. The SMILES string of the molecule is CCCOC(=O)OCCOC(C)=O. The smallest absolute Gasteiger partial charge is 0.462 e. The Morgan fingerprint density at radius 2 is 1.54 bits per heavy atom. The predicted octanol–water partition coefficient (Wildman–Crippen LogP) is 1.11. The molecular formula is C8H14O5. The molecule has 5 nitrogen and oxygen atoms in total. The van der Waals surface area contributed by atoms with Crippen LogP contribution < -0.4 is 0 Å². The van der Waals surface area contributed by atoms with Crippen molar-refractivity contribution >= 4 is 12.1 Å². The highest BCUT2D eigenvalue weighted by Crippen LogP contribution is 1.88. The molecule has 0 unspecified atom stereocenters. The molecule has 13 heavy (non-hydrogen) atoms. The topological polar surface area (TPSA) is 61.8 Å². The summed E-state index contributed by atoms with van der Waals surface area (Å²) in [6, 6.07) is 0. The third kappa shape index (κ3) is 8.65. The van der Waals surface area contributed by atoms with Gasteiger partial charge in [0.15, 0.2) is 0 Å². The Hall–Kier alpha value is -1.26. The van der Waals surface area contributed by atoms with E-state index in [-0.39, 0.29) is 13.2 Å². The summed E-state index contributed by atoms with van der Waals surface area (Å²) in [6.07, 6.45) is 0.0213. The fraction of sp³-hybridized carbons (Fsp3) is 0.750. The van der Waals surface area contributed by atoms with Crippen molar-refractivity contribution in [3.63, 3.8) is 0 Å². The molecule has 0 aromatic heterocycles. The Morgan fingerprint density at radius 3 is 2.08 bits per heavy atom. The lowest BCUT2D eigenvalue weighted by Crippen LogP contribution is -2.13. The summed E-state index contributed by atoms with van der Waals surface area (Å²) in [5, 5.41) is 0. The number of rotatable bonds is 5. The van der Waals surface area contributed by atoms with Gasteiger partial charge in [0.1, 0.15) is 13.2 Å². The van der Waals surface area contributed by atoms with Crippen LogP contribution in [0, 0.1) is 0 Å². The van der Waals surface area contributed by atoms with Gasteiger partial charge in [-0.25, -0.2) is 4.79 Å². The van der Waals surface area contributed by atoms with Crippen LogP contribution in [0.3, 0.4) is 0 Å². The fourth-order valence-electron chi connectivity index (χ4n) is 0.537.